The number of amides is 1. The summed E-state index contributed by atoms with van der Waals surface area (Å²) < 4.78 is 0. The summed E-state index contributed by atoms with van der Waals surface area (Å²) in [5, 5.41) is 3.41. The van der Waals surface area contributed by atoms with E-state index < -0.39 is 0 Å². The molecule has 3 heterocycles. The lowest BCUT2D eigenvalue weighted by Crippen LogP contribution is -2.13. The maximum absolute atomic E-state index is 12.2. The molecule has 2 N–H and O–H groups in total. The van der Waals surface area contributed by atoms with Crippen LogP contribution in [0.15, 0.2) is 48.0 Å². The molecule has 3 aromatic rings. The van der Waals surface area contributed by atoms with Crippen molar-refractivity contribution in [2.24, 2.45) is 4.99 Å². The van der Waals surface area contributed by atoms with E-state index >= 15 is 0 Å². The number of hydrogen-bond acceptors (Lipinski definition) is 4. The van der Waals surface area contributed by atoms with Crippen LogP contribution >= 0.6 is 11.6 Å². The molecule has 7 heteroatoms. The van der Waals surface area contributed by atoms with Gasteiger partial charge in [-0.15, -0.1) is 0 Å². The number of aromatic nitrogens is 3. The number of aryl methyl sites for hydroxylation is 1. The van der Waals surface area contributed by atoms with Crippen LogP contribution in [0.5, 0.6) is 0 Å². The van der Waals surface area contributed by atoms with Gasteiger partial charge in [-0.3, -0.25) is 4.79 Å². The Kier molecular flexibility index (Phi) is 3.82. The van der Waals surface area contributed by atoms with Gasteiger partial charge < -0.3 is 10.3 Å². The van der Waals surface area contributed by atoms with Crippen LogP contribution in [0.4, 0.5) is 11.5 Å². The average molecular weight is 352 g/mol. The largest absolute Gasteiger partial charge is 0.341 e. The van der Waals surface area contributed by atoms with Crippen LogP contribution in [0.25, 0.3) is 0 Å². The first-order valence-electron chi connectivity index (χ1n) is 7.73. The maximum Gasteiger partial charge on any atom is 0.273 e. The second kappa shape index (κ2) is 6.14. The van der Waals surface area contributed by atoms with Gasteiger partial charge in [0, 0.05) is 34.5 Å². The lowest BCUT2D eigenvalue weighted by atomic mass is 10.0. The van der Waals surface area contributed by atoms with Crippen molar-refractivity contribution in [2.45, 2.75) is 13.3 Å². The number of anilines is 1. The number of pyridine rings is 1. The number of aliphatic imine (C=N–C) groups is 1. The van der Waals surface area contributed by atoms with E-state index in [-0.39, 0.29) is 5.91 Å². The van der Waals surface area contributed by atoms with Gasteiger partial charge in [-0.05, 0) is 30.7 Å². The van der Waals surface area contributed by atoms with Gasteiger partial charge in [0.05, 0.1) is 18.2 Å². The summed E-state index contributed by atoms with van der Waals surface area (Å²) in [7, 11) is 0. The Labute approximate surface area is 149 Å². The summed E-state index contributed by atoms with van der Waals surface area (Å²) in [6.07, 6.45) is 5.40. The zero-order chi connectivity index (χ0) is 17.4. The maximum atomic E-state index is 12.2. The third kappa shape index (κ3) is 3.04. The molecule has 1 amide bonds. The van der Waals surface area contributed by atoms with Crippen molar-refractivity contribution in [1.29, 1.82) is 0 Å². The third-order valence-corrected chi connectivity index (χ3v) is 4.29. The molecule has 0 aliphatic carbocycles. The molecule has 1 aliphatic rings. The van der Waals surface area contributed by atoms with E-state index in [4.69, 9.17) is 11.6 Å². The van der Waals surface area contributed by atoms with Crippen LogP contribution in [0.3, 0.4) is 0 Å². The normalized spacial score (nSPS) is 12.6. The summed E-state index contributed by atoms with van der Waals surface area (Å²) in [6, 6.07) is 7.42. The molecule has 4 rings (SSSR count). The molecular formula is C18H14ClN5O. The summed E-state index contributed by atoms with van der Waals surface area (Å²) in [4.78, 5) is 27.7. The van der Waals surface area contributed by atoms with Crippen LogP contribution in [0.1, 0.15) is 27.2 Å². The molecule has 0 saturated carbocycles. The van der Waals surface area contributed by atoms with Crippen LogP contribution in [0, 0.1) is 6.92 Å². The molecule has 2 aromatic heterocycles. The van der Waals surface area contributed by atoms with Crippen molar-refractivity contribution in [2.75, 3.05) is 5.32 Å². The Bertz CT molecular complexity index is 995. The Morgan fingerprint density at radius 3 is 2.96 bits per heavy atom. The molecule has 25 heavy (non-hydrogen) atoms. The van der Waals surface area contributed by atoms with Gasteiger partial charge in [0.1, 0.15) is 5.69 Å². The molecular weight excluding hydrogens is 338 g/mol. The third-order valence-electron chi connectivity index (χ3n) is 3.96. The van der Waals surface area contributed by atoms with Gasteiger partial charge in [0.2, 0.25) is 0 Å². The quantitative estimate of drug-likeness (QED) is 0.754. The lowest BCUT2D eigenvalue weighted by molar-refractivity contribution is 0.102. The lowest BCUT2D eigenvalue weighted by Gasteiger charge is -2.08. The number of carbonyl (C=O) groups excluding carboxylic acids is 1. The molecule has 1 aromatic carbocycles. The number of H-pyrrole nitrogens is 1. The zero-order valence-electron chi connectivity index (χ0n) is 13.4. The first kappa shape index (κ1) is 15.5. The van der Waals surface area contributed by atoms with Crippen LogP contribution in [-0.4, -0.2) is 26.6 Å². The number of carbonyl (C=O) groups is 1. The number of hydrogen-bond donors (Lipinski definition) is 2. The standard InChI is InChI=1S/C18H14ClN5O/c1-10-4-11-5-15(24-17(11)21-7-10)13-6-12(2-3-14(13)19)23-18(25)16-8-20-9-22-16/h2-4,6-9H,5H2,1H3,(H,20,22)(H,23,25). The van der Waals surface area contributed by atoms with Crippen molar-refractivity contribution < 1.29 is 4.79 Å². The topological polar surface area (TPSA) is 83.0 Å². The van der Waals surface area contributed by atoms with E-state index in [9.17, 15) is 4.79 Å². The van der Waals surface area contributed by atoms with E-state index in [1.807, 2.05) is 13.0 Å². The van der Waals surface area contributed by atoms with Crippen molar-refractivity contribution in [1.82, 2.24) is 15.0 Å². The van der Waals surface area contributed by atoms with Gasteiger partial charge in [-0.25, -0.2) is 15.0 Å². The number of benzene rings is 1. The molecule has 0 fully saturated rings. The first-order valence-corrected chi connectivity index (χ1v) is 8.11. The fourth-order valence-corrected chi connectivity index (χ4v) is 2.99. The van der Waals surface area contributed by atoms with Gasteiger partial charge >= 0.3 is 0 Å². The van der Waals surface area contributed by atoms with Crippen molar-refractivity contribution in [3.63, 3.8) is 0 Å². The minimum atomic E-state index is -0.264. The zero-order valence-corrected chi connectivity index (χ0v) is 14.1. The summed E-state index contributed by atoms with van der Waals surface area (Å²) in [6.45, 7) is 2.00. The minimum Gasteiger partial charge on any atom is -0.341 e. The number of aromatic amines is 1. The summed E-state index contributed by atoms with van der Waals surface area (Å²) >= 11 is 6.36. The van der Waals surface area contributed by atoms with E-state index in [1.165, 1.54) is 12.5 Å². The second-order valence-corrected chi connectivity index (χ2v) is 6.25. The molecule has 6 nitrogen and oxygen atoms in total. The molecule has 0 spiro atoms. The average Bonchev–Trinajstić information content (AvgIpc) is 3.25. The molecule has 0 saturated heterocycles. The smallest absolute Gasteiger partial charge is 0.273 e. The Morgan fingerprint density at radius 1 is 1.28 bits per heavy atom. The number of fused-ring (bicyclic) bond motifs is 1. The summed E-state index contributed by atoms with van der Waals surface area (Å²) in [5.41, 5.74) is 4.85. The van der Waals surface area contributed by atoms with Crippen LogP contribution < -0.4 is 5.32 Å². The van der Waals surface area contributed by atoms with Gasteiger partial charge in [0.15, 0.2) is 5.82 Å². The van der Waals surface area contributed by atoms with Crippen molar-refractivity contribution in [3.05, 3.63) is 70.4 Å². The predicted molar refractivity (Wildman–Crippen MR) is 96.9 cm³/mol. The number of rotatable bonds is 3. The molecule has 0 radical (unpaired) electrons. The first-order chi connectivity index (χ1) is 12.1. The van der Waals surface area contributed by atoms with Crippen molar-refractivity contribution in [3.8, 4) is 0 Å². The Hall–Kier alpha value is -2.99. The number of nitrogens with one attached hydrogen (secondary N) is 2. The number of nitrogens with zero attached hydrogens (tertiary/aromatic N) is 3. The van der Waals surface area contributed by atoms with Crippen LogP contribution in [-0.2, 0) is 6.42 Å². The monoisotopic (exact) mass is 351 g/mol. The molecule has 0 bridgehead atoms. The SMILES string of the molecule is Cc1cnc2c(c1)CC(c1cc(NC(=O)c3cnc[nH]3)ccc1Cl)=N2. The highest BCUT2D eigenvalue weighted by atomic mass is 35.5. The molecule has 124 valence electrons. The van der Waals surface area contributed by atoms with Gasteiger partial charge in [-0.1, -0.05) is 17.7 Å². The highest BCUT2D eigenvalue weighted by Crippen LogP contribution is 2.31. The van der Waals surface area contributed by atoms with E-state index in [2.05, 4.69) is 31.3 Å². The fourth-order valence-electron chi connectivity index (χ4n) is 2.76. The Morgan fingerprint density at radius 2 is 2.16 bits per heavy atom. The fraction of sp³-hybridized carbons (Fsp3) is 0.111. The van der Waals surface area contributed by atoms with Crippen LogP contribution in [0.2, 0.25) is 5.02 Å². The van der Waals surface area contributed by atoms with Gasteiger partial charge in [0.25, 0.3) is 5.91 Å². The highest BCUT2D eigenvalue weighted by molar-refractivity contribution is 6.34. The predicted octanol–water partition coefficient (Wildman–Crippen LogP) is 3.70. The number of imidazole rings is 1. The second-order valence-electron chi connectivity index (χ2n) is 5.84. The van der Waals surface area contributed by atoms with Crippen molar-refractivity contribution >= 4 is 34.7 Å². The summed E-state index contributed by atoms with van der Waals surface area (Å²) in [5.74, 6) is 0.461. The number of halogens is 1. The molecule has 0 atom stereocenters. The van der Waals surface area contributed by atoms with E-state index in [0.717, 1.165) is 28.2 Å². The molecule has 1 aliphatic heterocycles. The van der Waals surface area contributed by atoms with E-state index in [0.29, 0.717) is 22.8 Å². The highest BCUT2D eigenvalue weighted by Gasteiger charge is 2.20. The Balaban J connectivity index is 1.62. The van der Waals surface area contributed by atoms with Gasteiger partial charge in [-0.2, -0.15) is 0 Å². The molecule has 0 unspecified atom stereocenters. The van der Waals surface area contributed by atoms with E-state index in [1.54, 1.807) is 18.3 Å². The minimum absolute atomic E-state index is 0.264.